The van der Waals surface area contributed by atoms with E-state index in [4.69, 9.17) is 0 Å². The molecule has 0 fully saturated rings. The lowest BCUT2D eigenvalue weighted by Gasteiger charge is -2.09. The quantitative estimate of drug-likeness (QED) is 0.579. The predicted octanol–water partition coefficient (Wildman–Crippen LogP) is 2.96. The van der Waals surface area contributed by atoms with Crippen LogP contribution in [0.25, 0.3) is 11.0 Å². The highest BCUT2D eigenvalue weighted by Gasteiger charge is 2.18. The molecule has 0 spiro atoms. The number of nitrogens with one attached hydrogen (secondary N) is 1. The van der Waals surface area contributed by atoms with Gasteiger partial charge in [0, 0.05) is 17.9 Å². The van der Waals surface area contributed by atoms with Crippen LogP contribution in [-0.4, -0.2) is 35.4 Å². The number of carbonyl (C=O) groups is 1. The number of fused-ring (bicyclic) bond motifs is 1. The maximum Gasteiger partial charge on any atom is 0.256 e. The number of pyridine rings is 1. The molecule has 4 rings (SSSR count). The van der Waals surface area contributed by atoms with Gasteiger partial charge in [0.2, 0.25) is 0 Å². The highest BCUT2D eigenvalue weighted by atomic mass is 16.1. The number of hydrogen-bond donors (Lipinski definition) is 1. The fraction of sp³-hybridized carbons (Fsp3) is 0.250. The largest absolute Gasteiger partial charge is 0.322 e. The lowest BCUT2D eigenvalue weighted by atomic mass is 10.1. The summed E-state index contributed by atoms with van der Waals surface area (Å²) in [5.41, 5.74) is 4.73. The van der Waals surface area contributed by atoms with Crippen LogP contribution in [0.2, 0.25) is 0 Å². The molecule has 3 heterocycles. The average Bonchev–Trinajstić information content (AvgIpc) is 3.30. The number of carbonyl (C=O) groups excluding carboxylic acids is 1. The first kappa shape index (κ1) is 17.8. The Balaban J connectivity index is 1.59. The first-order chi connectivity index (χ1) is 13.5. The first-order valence-electron chi connectivity index (χ1n) is 9.12. The zero-order valence-corrected chi connectivity index (χ0v) is 16.0. The summed E-state index contributed by atoms with van der Waals surface area (Å²) in [5.74, 6) is -0.168. The van der Waals surface area contributed by atoms with Crippen molar-refractivity contribution in [2.75, 3.05) is 5.32 Å². The van der Waals surface area contributed by atoms with Crippen LogP contribution in [0.5, 0.6) is 0 Å². The van der Waals surface area contributed by atoms with Gasteiger partial charge < -0.3 is 5.32 Å². The molecule has 0 saturated carbocycles. The topological polar surface area (TPSA) is 90.5 Å². The molecule has 8 heteroatoms. The van der Waals surface area contributed by atoms with Gasteiger partial charge in [-0.1, -0.05) is 12.1 Å². The molecule has 1 N–H and O–H groups in total. The summed E-state index contributed by atoms with van der Waals surface area (Å²) >= 11 is 0. The molecule has 0 radical (unpaired) electrons. The summed E-state index contributed by atoms with van der Waals surface area (Å²) in [5, 5.41) is 12.4. The molecule has 0 bridgehead atoms. The van der Waals surface area contributed by atoms with E-state index in [2.05, 4.69) is 25.5 Å². The summed E-state index contributed by atoms with van der Waals surface area (Å²) < 4.78 is 3.58. The third-order valence-corrected chi connectivity index (χ3v) is 4.57. The maximum absolute atomic E-state index is 13.0. The number of anilines is 1. The number of aryl methyl sites for hydroxylation is 3. The number of hydrogen-bond acceptors (Lipinski definition) is 5. The van der Waals surface area contributed by atoms with Gasteiger partial charge in [-0.15, -0.1) is 0 Å². The van der Waals surface area contributed by atoms with Gasteiger partial charge in [-0.2, -0.15) is 10.2 Å². The van der Waals surface area contributed by atoms with Crippen molar-refractivity contribution in [3.05, 3.63) is 65.5 Å². The van der Waals surface area contributed by atoms with E-state index >= 15 is 0 Å². The van der Waals surface area contributed by atoms with E-state index < -0.39 is 0 Å². The third-order valence-electron chi connectivity index (χ3n) is 4.57. The van der Waals surface area contributed by atoms with Crippen molar-refractivity contribution in [3.63, 3.8) is 0 Å². The fourth-order valence-electron chi connectivity index (χ4n) is 3.27. The number of aromatic nitrogens is 6. The SMILES string of the molecule is CCn1nc(C)c2c(C(=O)Nc3ccc(Cn4cncn4)cc3)cc(C)nc21. The van der Waals surface area contributed by atoms with Gasteiger partial charge in [0.15, 0.2) is 5.65 Å². The van der Waals surface area contributed by atoms with E-state index in [9.17, 15) is 4.79 Å². The number of nitrogens with zero attached hydrogens (tertiary/aromatic N) is 6. The van der Waals surface area contributed by atoms with Crippen molar-refractivity contribution < 1.29 is 4.79 Å². The van der Waals surface area contributed by atoms with Gasteiger partial charge in [-0.25, -0.2) is 19.3 Å². The summed E-state index contributed by atoms with van der Waals surface area (Å²) in [7, 11) is 0. The van der Waals surface area contributed by atoms with E-state index in [-0.39, 0.29) is 5.91 Å². The predicted molar refractivity (Wildman–Crippen MR) is 106 cm³/mol. The summed E-state index contributed by atoms with van der Waals surface area (Å²) in [6.07, 6.45) is 3.18. The molecule has 3 aromatic heterocycles. The van der Waals surface area contributed by atoms with Crippen molar-refractivity contribution in [3.8, 4) is 0 Å². The Morgan fingerprint density at radius 1 is 1.18 bits per heavy atom. The van der Waals surface area contributed by atoms with Crippen molar-refractivity contribution in [2.45, 2.75) is 33.9 Å². The van der Waals surface area contributed by atoms with Crippen LogP contribution in [-0.2, 0) is 13.1 Å². The molecule has 0 saturated heterocycles. The van der Waals surface area contributed by atoms with Gasteiger partial charge in [0.1, 0.15) is 12.7 Å². The smallest absolute Gasteiger partial charge is 0.256 e. The zero-order valence-electron chi connectivity index (χ0n) is 16.0. The highest BCUT2D eigenvalue weighted by Crippen LogP contribution is 2.23. The van der Waals surface area contributed by atoms with Crippen molar-refractivity contribution in [2.24, 2.45) is 0 Å². The van der Waals surface area contributed by atoms with Crippen LogP contribution >= 0.6 is 0 Å². The Labute approximate surface area is 162 Å². The van der Waals surface area contributed by atoms with Crippen LogP contribution in [0.1, 0.15) is 34.2 Å². The minimum atomic E-state index is -0.168. The van der Waals surface area contributed by atoms with Crippen molar-refractivity contribution in [1.29, 1.82) is 0 Å². The van der Waals surface area contributed by atoms with Gasteiger partial charge >= 0.3 is 0 Å². The normalized spacial score (nSPS) is 11.1. The lowest BCUT2D eigenvalue weighted by molar-refractivity contribution is 0.102. The minimum Gasteiger partial charge on any atom is -0.322 e. The van der Waals surface area contributed by atoms with Gasteiger partial charge in [0.25, 0.3) is 5.91 Å². The molecular weight excluding hydrogens is 354 g/mol. The van der Waals surface area contributed by atoms with Gasteiger partial charge in [-0.05, 0) is 44.5 Å². The monoisotopic (exact) mass is 375 g/mol. The second-order valence-electron chi connectivity index (χ2n) is 6.66. The molecule has 0 aliphatic rings. The standard InChI is InChI=1S/C20H21N7O/c1-4-27-19-18(14(3)25-27)17(9-13(2)23-19)20(28)24-16-7-5-15(6-8-16)10-26-12-21-11-22-26/h5-9,11-12H,4,10H2,1-3H3,(H,24,28). The van der Waals surface area contributed by atoms with Crippen LogP contribution in [0.15, 0.2) is 43.0 Å². The molecule has 1 aromatic carbocycles. The Morgan fingerprint density at radius 2 is 1.96 bits per heavy atom. The second kappa shape index (κ2) is 7.22. The van der Waals surface area contributed by atoms with E-state index in [1.807, 2.05) is 55.8 Å². The number of rotatable bonds is 5. The molecule has 1 amide bonds. The Kier molecular flexibility index (Phi) is 4.60. The molecule has 0 atom stereocenters. The fourth-order valence-corrected chi connectivity index (χ4v) is 3.27. The van der Waals surface area contributed by atoms with Crippen molar-refractivity contribution in [1.82, 2.24) is 29.5 Å². The maximum atomic E-state index is 13.0. The molecule has 28 heavy (non-hydrogen) atoms. The van der Waals surface area contributed by atoms with Crippen LogP contribution in [0.3, 0.4) is 0 Å². The highest BCUT2D eigenvalue weighted by molar-refractivity contribution is 6.12. The van der Waals surface area contributed by atoms with E-state index in [1.54, 1.807) is 11.0 Å². The number of benzene rings is 1. The van der Waals surface area contributed by atoms with Crippen molar-refractivity contribution >= 4 is 22.6 Å². The molecule has 4 aromatic rings. The first-order valence-corrected chi connectivity index (χ1v) is 9.12. The Bertz CT molecular complexity index is 1130. The zero-order chi connectivity index (χ0) is 19.7. The van der Waals surface area contributed by atoms with E-state index in [1.165, 1.54) is 6.33 Å². The van der Waals surface area contributed by atoms with Gasteiger partial charge in [-0.3, -0.25) is 4.79 Å². The molecule has 0 aliphatic carbocycles. The van der Waals surface area contributed by atoms with Crippen LogP contribution in [0.4, 0.5) is 5.69 Å². The molecule has 0 aliphatic heterocycles. The Morgan fingerprint density at radius 3 is 2.64 bits per heavy atom. The van der Waals surface area contributed by atoms with E-state index in [0.717, 1.165) is 33.7 Å². The second-order valence-corrected chi connectivity index (χ2v) is 6.66. The lowest BCUT2D eigenvalue weighted by Crippen LogP contribution is -2.13. The summed E-state index contributed by atoms with van der Waals surface area (Å²) in [4.78, 5) is 21.5. The third kappa shape index (κ3) is 3.36. The minimum absolute atomic E-state index is 0.168. The molecule has 142 valence electrons. The summed E-state index contributed by atoms with van der Waals surface area (Å²) in [6.45, 7) is 7.14. The van der Waals surface area contributed by atoms with Gasteiger partial charge in [0.05, 0.1) is 23.2 Å². The Hall–Kier alpha value is -3.55. The summed E-state index contributed by atoms with van der Waals surface area (Å²) in [6, 6.07) is 9.51. The number of amides is 1. The molecule has 8 nitrogen and oxygen atoms in total. The molecule has 0 unspecified atom stereocenters. The average molecular weight is 375 g/mol. The van der Waals surface area contributed by atoms with Crippen LogP contribution in [0, 0.1) is 13.8 Å². The van der Waals surface area contributed by atoms with E-state index in [0.29, 0.717) is 18.7 Å². The van der Waals surface area contributed by atoms with Crippen LogP contribution < -0.4 is 5.32 Å². The molecular formula is C20H21N7O.